The Balaban J connectivity index is 3.02. The summed E-state index contributed by atoms with van der Waals surface area (Å²) in [7, 11) is 2.78. The van der Waals surface area contributed by atoms with E-state index < -0.39 is 48.6 Å². The third kappa shape index (κ3) is 5.45. The summed E-state index contributed by atoms with van der Waals surface area (Å²) in [6.45, 7) is 3.51. The third-order valence-electron chi connectivity index (χ3n) is 3.13. The number of ether oxygens (including phenoxy) is 6. The third-order valence-corrected chi connectivity index (χ3v) is 3.13. The average molecular weight is 334 g/mol. The molecule has 9 heteroatoms. The number of hydrogen-bond donors (Lipinski definition) is 0. The first-order valence-corrected chi connectivity index (χ1v) is 6.99. The summed E-state index contributed by atoms with van der Waals surface area (Å²) in [5.74, 6) is -1.69. The van der Waals surface area contributed by atoms with Gasteiger partial charge in [-0.2, -0.15) is 0 Å². The van der Waals surface area contributed by atoms with Crippen LogP contribution in [0, 0.1) is 0 Å². The second-order valence-corrected chi connectivity index (χ2v) is 4.93. The minimum absolute atomic E-state index is 0.165. The Morgan fingerprint density at radius 3 is 1.87 bits per heavy atom. The van der Waals surface area contributed by atoms with Crippen molar-refractivity contribution in [1.82, 2.24) is 0 Å². The molecule has 0 aliphatic carbocycles. The van der Waals surface area contributed by atoms with Gasteiger partial charge >= 0.3 is 17.9 Å². The second-order valence-electron chi connectivity index (χ2n) is 4.93. The van der Waals surface area contributed by atoms with Crippen LogP contribution in [-0.4, -0.2) is 69.4 Å². The topological polar surface area (TPSA) is 107 Å². The molecule has 1 aliphatic heterocycles. The molecular formula is C14H22O9. The molecule has 0 N–H and O–H groups in total. The first-order chi connectivity index (χ1) is 10.8. The van der Waals surface area contributed by atoms with Gasteiger partial charge in [0.15, 0.2) is 18.5 Å². The lowest BCUT2D eigenvalue weighted by Gasteiger charge is -2.26. The summed E-state index contributed by atoms with van der Waals surface area (Å²) in [5.41, 5.74) is 0. The number of methoxy groups -OCH3 is 2. The van der Waals surface area contributed by atoms with E-state index in [0.717, 1.165) is 0 Å². The monoisotopic (exact) mass is 334 g/mol. The van der Waals surface area contributed by atoms with Crippen molar-refractivity contribution in [3.8, 4) is 0 Å². The van der Waals surface area contributed by atoms with Crippen molar-refractivity contribution in [2.45, 2.75) is 51.5 Å². The van der Waals surface area contributed by atoms with E-state index >= 15 is 0 Å². The number of hydrogen-bond acceptors (Lipinski definition) is 9. The fourth-order valence-corrected chi connectivity index (χ4v) is 2.33. The second kappa shape index (κ2) is 8.80. The molecule has 9 nitrogen and oxygen atoms in total. The molecule has 1 rings (SSSR count). The van der Waals surface area contributed by atoms with Crippen molar-refractivity contribution in [1.29, 1.82) is 0 Å². The van der Waals surface area contributed by atoms with E-state index in [2.05, 4.69) is 0 Å². The zero-order valence-corrected chi connectivity index (χ0v) is 13.8. The lowest BCUT2D eigenvalue weighted by Crippen LogP contribution is -2.45. The van der Waals surface area contributed by atoms with Crippen molar-refractivity contribution < 1.29 is 42.8 Å². The Kier molecular flexibility index (Phi) is 7.40. The van der Waals surface area contributed by atoms with Crippen LogP contribution in [0.3, 0.4) is 0 Å². The van der Waals surface area contributed by atoms with Crippen LogP contribution in [0.4, 0.5) is 0 Å². The molecule has 1 fully saturated rings. The largest absolute Gasteiger partial charge is 0.463 e. The van der Waals surface area contributed by atoms with E-state index in [1.165, 1.54) is 35.0 Å². The van der Waals surface area contributed by atoms with Gasteiger partial charge in [-0.3, -0.25) is 14.4 Å². The van der Waals surface area contributed by atoms with Gasteiger partial charge in [0.2, 0.25) is 0 Å². The van der Waals surface area contributed by atoms with Gasteiger partial charge in [0.1, 0.15) is 18.8 Å². The van der Waals surface area contributed by atoms with Gasteiger partial charge in [0.05, 0.1) is 0 Å². The van der Waals surface area contributed by atoms with Crippen LogP contribution in [0.5, 0.6) is 0 Å². The maximum Gasteiger partial charge on any atom is 0.303 e. The molecule has 0 aromatic heterocycles. The summed E-state index contributed by atoms with van der Waals surface area (Å²) in [5, 5.41) is 0. The first-order valence-electron chi connectivity index (χ1n) is 6.99. The summed E-state index contributed by atoms with van der Waals surface area (Å²) in [4.78, 5) is 33.7. The molecule has 0 aromatic carbocycles. The molecule has 0 spiro atoms. The summed E-state index contributed by atoms with van der Waals surface area (Å²) >= 11 is 0. The molecule has 4 atom stereocenters. The zero-order valence-electron chi connectivity index (χ0n) is 13.8. The van der Waals surface area contributed by atoms with Crippen molar-refractivity contribution >= 4 is 17.9 Å². The lowest BCUT2D eigenvalue weighted by molar-refractivity contribution is -0.202. The van der Waals surface area contributed by atoms with E-state index in [-0.39, 0.29) is 6.61 Å². The van der Waals surface area contributed by atoms with Crippen molar-refractivity contribution in [3.05, 3.63) is 0 Å². The molecule has 1 saturated heterocycles. The Morgan fingerprint density at radius 2 is 1.43 bits per heavy atom. The molecule has 0 amide bonds. The van der Waals surface area contributed by atoms with Crippen LogP contribution >= 0.6 is 0 Å². The number of esters is 3. The van der Waals surface area contributed by atoms with Crippen LogP contribution in [0.15, 0.2) is 0 Å². The van der Waals surface area contributed by atoms with Crippen LogP contribution in [0.25, 0.3) is 0 Å². The van der Waals surface area contributed by atoms with Gasteiger partial charge in [0, 0.05) is 35.0 Å². The average Bonchev–Trinajstić information content (AvgIpc) is 2.75. The maximum absolute atomic E-state index is 11.4. The van der Waals surface area contributed by atoms with E-state index in [1.807, 2.05) is 0 Å². The van der Waals surface area contributed by atoms with Crippen molar-refractivity contribution in [2.75, 3.05) is 20.8 Å². The highest BCUT2D eigenvalue weighted by atomic mass is 16.7. The number of carbonyl (C=O) groups excluding carboxylic acids is 3. The van der Waals surface area contributed by atoms with Crippen LogP contribution in [-0.2, 0) is 42.8 Å². The molecule has 0 aromatic rings. The van der Waals surface area contributed by atoms with Gasteiger partial charge in [0.25, 0.3) is 0 Å². The van der Waals surface area contributed by atoms with E-state index in [0.29, 0.717) is 0 Å². The van der Waals surface area contributed by atoms with Crippen molar-refractivity contribution in [2.24, 2.45) is 0 Å². The Bertz CT molecular complexity index is 432. The van der Waals surface area contributed by atoms with Crippen LogP contribution in [0.1, 0.15) is 20.8 Å². The summed E-state index contributed by atoms with van der Waals surface area (Å²) < 4.78 is 31.3. The molecular weight excluding hydrogens is 312 g/mol. The fraction of sp³-hybridized carbons (Fsp3) is 0.786. The van der Waals surface area contributed by atoms with Gasteiger partial charge in [-0.1, -0.05) is 0 Å². The van der Waals surface area contributed by atoms with Gasteiger partial charge in [-0.05, 0) is 0 Å². The molecule has 1 heterocycles. The normalized spacial score (nSPS) is 26.9. The molecule has 132 valence electrons. The highest BCUT2D eigenvalue weighted by molar-refractivity contribution is 5.68. The minimum Gasteiger partial charge on any atom is -0.463 e. The summed E-state index contributed by atoms with van der Waals surface area (Å²) in [6.07, 6.45) is -4.43. The molecule has 0 radical (unpaired) electrons. The Labute approximate surface area is 134 Å². The molecule has 0 bridgehead atoms. The Hall–Kier alpha value is -1.71. The lowest BCUT2D eigenvalue weighted by atomic mass is 10.1. The zero-order chi connectivity index (χ0) is 17.6. The number of rotatable bonds is 7. The van der Waals surface area contributed by atoms with Crippen molar-refractivity contribution in [3.63, 3.8) is 0 Å². The van der Waals surface area contributed by atoms with E-state index in [4.69, 9.17) is 28.4 Å². The SMILES string of the molecule is COC(OC)[C@H]1O[C@H](COC(C)=O)[C@@H](OC(C)=O)[C@@H]1OC(C)=O. The smallest absolute Gasteiger partial charge is 0.303 e. The van der Waals surface area contributed by atoms with Crippen LogP contribution in [0.2, 0.25) is 0 Å². The highest BCUT2D eigenvalue weighted by Crippen LogP contribution is 2.30. The predicted molar refractivity (Wildman–Crippen MR) is 74.2 cm³/mol. The van der Waals surface area contributed by atoms with Gasteiger partial charge < -0.3 is 28.4 Å². The van der Waals surface area contributed by atoms with E-state index in [9.17, 15) is 14.4 Å². The quantitative estimate of drug-likeness (QED) is 0.355. The van der Waals surface area contributed by atoms with E-state index in [1.54, 1.807) is 0 Å². The predicted octanol–water partition coefficient (Wildman–Crippen LogP) is -0.201. The molecule has 0 unspecified atom stereocenters. The summed E-state index contributed by atoms with van der Waals surface area (Å²) in [6, 6.07) is 0. The minimum atomic E-state index is -0.957. The standard InChI is InChI=1S/C14H22O9/c1-7(15)20-6-10-11(21-8(2)16)12(22-9(3)17)13(23-10)14(18-4)19-5/h10-14H,6H2,1-5H3/t10-,11-,12+,13+/m1/s1. The molecule has 1 aliphatic rings. The first kappa shape index (κ1) is 19.3. The maximum atomic E-state index is 11.4. The number of carbonyl (C=O) groups is 3. The highest BCUT2D eigenvalue weighted by Gasteiger charge is 2.52. The fourth-order valence-electron chi connectivity index (χ4n) is 2.33. The molecule has 23 heavy (non-hydrogen) atoms. The Morgan fingerprint density at radius 1 is 0.913 bits per heavy atom. The van der Waals surface area contributed by atoms with Crippen LogP contribution < -0.4 is 0 Å². The van der Waals surface area contributed by atoms with Gasteiger partial charge in [-0.25, -0.2) is 0 Å². The van der Waals surface area contributed by atoms with Gasteiger partial charge in [-0.15, -0.1) is 0 Å². The molecule has 0 saturated carbocycles.